The molecule has 4 rings (SSSR count). The van der Waals surface area contributed by atoms with E-state index in [1.807, 2.05) is 24.3 Å². The van der Waals surface area contributed by atoms with Gasteiger partial charge in [-0.05, 0) is 54.8 Å². The van der Waals surface area contributed by atoms with Gasteiger partial charge in [0, 0.05) is 18.1 Å². The van der Waals surface area contributed by atoms with E-state index in [1.165, 1.54) is 12.1 Å². The molecule has 1 aliphatic rings. The van der Waals surface area contributed by atoms with E-state index in [0.717, 1.165) is 42.0 Å². The number of carbonyl (C=O) groups excluding carboxylic acids is 1. The van der Waals surface area contributed by atoms with Gasteiger partial charge in [-0.1, -0.05) is 24.3 Å². The summed E-state index contributed by atoms with van der Waals surface area (Å²) >= 11 is 0. The highest BCUT2D eigenvalue weighted by atomic mass is 19.1. The normalized spacial score (nSPS) is 17.1. The summed E-state index contributed by atoms with van der Waals surface area (Å²) in [6, 6.07) is 13.8. The number of aromatic amines is 1. The molecule has 3 aromatic rings. The van der Waals surface area contributed by atoms with Crippen molar-refractivity contribution in [3.05, 3.63) is 72.6 Å². The third-order valence-electron chi connectivity index (χ3n) is 4.88. The average Bonchev–Trinajstić information content (AvgIpc) is 3.35. The van der Waals surface area contributed by atoms with Crippen molar-refractivity contribution < 1.29 is 9.18 Å². The molecule has 27 heavy (non-hydrogen) atoms. The van der Waals surface area contributed by atoms with Gasteiger partial charge in [0.2, 0.25) is 5.91 Å². The van der Waals surface area contributed by atoms with Gasteiger partial charge in [-0.2, -0.15) is 0 Å². The fourth-order valence-electron chi connectivity index (χ4n) is 3.53. The summed E-state index contributed by atoms with van der Waals surface area (Å²) in [5, 5.41) is 3.03. The van der Waals surface area contributed by atoms with Crippen molar-refractivity contribution in [2.75, 3.05) is 11.9 Å². The van der Waals surface area contributed by atoms with Gasteiger partial charge in [0.25, 0.3) is 0 Å². The van der Waals surface area contributed by atoms with Crippen LogP contribution in [0.1, 0.15) is 18.7 Å². The number of halogens is 1. The molecule has 0 unspecified atom stereocenters. The van der Waals surface area contributed by atoms with Crippen molar-refractivity contribution in [1.82, 2.24) is 14.9 Å². The number of nitrogens with zero attached hydrogens (tertiary/aromatic N) is 2. The molecule has 2 heterocycles. The van der Waals surface area contributed by atoms with Crippen LogP contribution in [0.25, 0.3) is 11.1 Å². The van der Waals surface area contributed by atoms with Gasteiger partial charge in [0.1, 0.15) is 11.6 Å². The van der Waals surface area contributed by atoms with E-state index in [0.29, 0.717) is 6.54 Å². The number of H-pyrrole nitrogens is 1. The fraction of sp³-hybridized carbons (Fsp3) is 0.238. The molecule has 1 atom stereocenters. The summed E-state index contributed by atoms with van der Waals surface area (Å²) in [5.74, 6) is 0.601. The Balaban J connectivity index is 1.46. The first-order valence-electron chi connectivity index (χ1n) is 9.08. The van der Waals surface area contributed by atoms with E-state index < -0.39 is 0 Å². The number of anilines is 1. The highest BCUT2D eigenvalue weighted by Gasteiger charge is 2.31. The lowest BCUT2D eigenvalue weighted by Crippen LogP contribution is -2.39. The number of nitrogens with one attached hydrogen (secondary N) is 2. The molecule has 6 heteroatoms. The van der Waals surface area contributed by atoms with Crippen molar-refractivity contribution in [1.29, 1.82) is 0 Å². The summed E-state index contributed by atoms with van der Waals surface area (Å²) < 4.78 is 13.1. The third-order valence-corrected chi connectivity index (χ3v) is 4.88. The molecular formula is C21H21FN4O. The van der Waals surface area contributed by atoms with E-state index in [1.54, 1.807) is 24.5 Å². The number of amides is 1. The molecule has 2 aromatic carbocycles. The van der Waals surface area contributed by atoms with Crippen molar-refractivity contribution in [3.63, 3.8) is 0 Å². The minimum Gasteiger partial charge on any atom is -0.348 e. The van der Waals surface area contributed by atoms with Crippen LogP contribution >= 0.6 is 0 Å². The molecule has 0 saturated carbocycles. The second kappa shape index (κ2) is 7.72. The van der Waals surface area contributed by atoms with Gasteiger partial charge < -0.3 is 10.3 Å². The number of aromatic nitrogens is 2. The van der Waals surface area contributed by atoms with Gasteiger partial charge >= 0.3 is 0 Å². The van der Waals surface area contributed by atoms with E-state index in [4.69, 9.17) is 0 Å². The van der Waals surface area contributed by atoms with Crippen LogP contribution in [0.5, 0.6) is 0 Å². The Labute approximate surface area is 157 Å². The predicted molar refractivity (Wildman–Crippen MR) is 102 cm³/mol. The third kappa shape index (κ3) is 4.06. The molecule has 1 amide bonds. The smallest absolute Gasteiger partial charge is 0.241 e. The van der Waals surface area contributed by atoms with Gasteiger partial charge in [-0.3, -0.25) is 9.69 Å². The number of imidazole rings is 1. The van der Waals surface area contributed by atoms with Crippen molar-refractivity contribution in [2.24, 2.45) is 0 Å². The molecule has 1 saturated heterocycles. The lowest BCUT2D eigenvalue weighted by atomic mass is 10.0. The van der Waals surface area contributed by atoms with Crippen molar-refractivity contribution in [2.45, 2.75) is 25.4 Å². The number of hydrogen-bond acceptors (Lipinski definition) is 3. The topological polar surface area (TPSA) is 61.0 Å². The second-order valence-corrected chi connectivity index (χ2v) is 6.74. The van der Waals surface area contributed by atoms with Crippen LogP contribution in [0.3, 0.4) is 0 Å². The second-order valence-electron chi connectivity index (χ2n) is 6.74. The molecule has 0 radical (unpaired) electrons. The molecule has 0 spiro atoms. The quantitative estimate of drug-likeness (QED) is 0.724. The first-order chi connectivity index (χ1) is 13.2. The van der Waals surface area contributed by atoms with Gasteiger partial charge in [0.15, 0.2) is 0 Å². The Kier molecular flexibility index (Phi) is 4.98. The van der Waals surface area contributed by atoms with Gasteiger partial charge in [0.05, 0.1) is 12.6 Å². The van der Waals surface area contributed by atoms with E-state index in [9.17, 15) is 9.18 Å². The Morgan fingerprint density at radius 1 is 1.22 bits per heavy atom. The first kappa shape index (κ1) is 17.4. The summed E-state index contributed by atoms with van der Waals surface area (Å²) in [4.78, 5) is 22.3. The van der Waals surface area contributed by atoms with Crippen LogP contribution in [0.15, 0.2) is 60.9 Å². The summed E-state index contributed by atoms with van der Waals surface area (Å²) in [7, 11) is 0. The number of carbonyl (C=O) groups is 1. The fourth-order valence-corrected chi connectivity index (χ4v) is 3.53. The number of hydrogen-bond donors (Lipinski definition) is 2. The first-order valence-corrected chi connectivity index (χ1v) is 9.08. The SMILES string of the molecule is O=C(Nc1cccc(-c2ccc(F)cc2)c1)[C@@H]1CCCN1Cc1ncc[nH]1. The van der Waals surface area contributed by atoms with Crippen molar-refractivity contribution >= 4 is 11.6 Å². The van der Waals surface area contributed by atoms with Crippen molar-refractivity contribution in [3.8, 4) is 11.1 Å². The standard InChI is InChI=1S/C21H21FN4O/c22-17-8-6-15(7-9-17)16-3-1-4-18(13-16)25-21(27)19-5-2-12-26(19)14-20-23-10-11-24-20/h1,3-4,6-11,13,19H,2,5,12,14H2,(H,23,24)(H,25,27)/t19-/m0/s1. The summed E-state index contributed by atoms with van der Waals surface area (Å²) in [6.07, 6.45) is 5.35. The minimum absolute atomic E-state index is 0.00434. The molecule has 1 fully saturated rings. The van der Waals surface area contributed by atoms with Crippen LogP contribution in [0.4, 0.5) is 10.1 Å². The number of likely N-dealkylation sites (tertiary alicyclic amines) is 1. The monoisotopic (exact) mass is 364 g/mol. The molecule has 1 aliphatic heterocycles. The maximum atomic E-state index is 13.1. The maximum absolute atomic E-state index is 13.1. The molecule has 0 aliphatic carbocycles. The van der Waals surface area contributed by atoms with E-state index >= 15 is 0 Å². The zero-order chi connectivity index (χ0) is 18.6. The van der Waals surface area contributed by atoms with Gasteiger partial charge in [-0.25, -0.2) is 9.37 Å². The molecule has 2 N–H and O–H groups in total. The van der Waals surface area contributed by atoms with Crippen LogP contribution < -0.4 is 5.32 Å². The van der Waals surface area contributed by atoms with Crippen LogP contribution in [-0.2, 0) is 11.3 Å². The molecular weight excluding hydrogens is 343 g/mol. The Hall–Kier alpha value is -2.99. The zero-order valence-electron chi connectivity index (χ0n) is 14.9. The lowest BCUT2D eigenvalue weighted by Gasteiger charge is -2.22. The molecule has 0 bridgehead atoms. The minimum atomic E-state index is -0.263. The largest absolute Gasteiger partial charge is 0.348 e. The summed E-state index contributed by atoms with van der Waals surface area (Å²) in [5.41, 5.74) is 2.59. The van der Waals surface area contributed by atoms with Crippen LogP contribution in [0.2, 0.25) is 0 Å². The number of benzene rings is 2. The maximum Gasteiger partial charge on any atom is 0.241 e. The summed E-state index contributed by atoms with van der Waals surface area (Å²) in [6.45, 7) is 1.52. The molecule has 1 aromatic heterocycles. The lowest BCUT2D eigenvalue weighted by molar-refractivity contribution is -0.120. The number of rotatable bonds is 5. The Morgan fingerprint density at radius 2 is 2.07 bits per heavy atom. The van der Waals surface area contributed by atoms with E-state index in [2.05, 4.69) is 20.2 Å². The van der Waals surface area contributed by atoms with Crippen LogP contribution in [0, 0.1) is 5.82 Å². The highest BCUT2D eigenvalue weighted by Crippen LogP contribution is 2.25. The highest BCUT2D eigenvalue weighted by molar-refractivity contribution is 5.95. The Morgan fingerprint density at radius 3 is 2.85 bits per heavy atom. The van der Waals surface area contributed by atoms with Crippen LogP contribution in [-0.4, -0.2) is 33.4 Å². The van der Waals surface area contributed by atoms with Gasteiger partial charge in [-0.15, -0.1) is 0 Å². The Bertz CT molecular complexity index is 908. The average molecular weight is 364 g/mol. The van der Waals surface area contributed by atoms with E-state index in [-0.39, 0.29) is 17.8 Å². The zero-order valence-corrected chi connectivity index (χ0v) is 14.9. The predicted octanol–water partition coefficient (Wildman–Crippen LogP) is 3.82. The molecule has 5 nitrogen and oxygen atoms in total. The molecule has 138 valence electrons.